The van der Waals surface area contributed by atoms with Crippen LogP contribution in [-0.4, -0.2) is 19.5 Å². The van der Waals surface area contributed by atoms with Gasteiger partial charge in [0.2, 0.25) is 0 Å². The first-order chi connectivity index (χ1) is 19.1. The Morgan fingerprint density at radius 1 is 0.615 bits per heavy atom. The van der Waals surface area contributed by atoms with E-state index in [9.17, 15) is 0 Å². The molecule has 0 aliphatic carbocycles. The van der Waals surface area contributed by atoms with Crippen molar-refractivity contribution < 1.29 is 0 Å². The number of para-hydroxylation sites is 1. The van der Waals surface area contributed by atoms with Gasteiger partial charge in [0, 0.05) is 37.8 Å². The number of rotatable bonds is 3. The predicted octanol–water partition coefficient (Wildman–Crippen LogP) is 8.67. The first-order valence-corrected chi connectivity index (χ1v) is 14.0. The molecule has 0 saturated carbocycles. The van der Waals surface area contributed by atoms with Gasteiger partial charge in [-0.25, -0.2) is 15.0 Å². The van der Waals surface area contributed by atoms with Gasteiger partial charge < -0.3 is 4.57 Å². The van der Waals surface area contributed by atoms with Crippen LogP contribution in [0.15, 0.2) is 109 Å². The molecule has 186 valence electrons. The van der Waals surface area contributed by atoms with Crippen LogP contribution >= 0.6 is 11.3 Å². The second kappa shape index (κ2) is 8.19. The van der Waals surface area contributed by atoms with Crippen LogP contribution in [-0.2, 0) is 5.41 Å². The summed E-state index contributed by atoms with van der Waals surface area (Å²) in [5.74, 6) is 2.02. The number of thiophene rings is 1. The summed E-state index contributed by atoms with van der Waals surface area (Å²) in [5.41, 5.74) is 8.04. The Hall–Kier alpha value is -4.61. The molecule has 0 amide bonds. The van der Waals surface area contributed by atoms with Gasteiger partial charge in [-0.2, -0.15) is 0 Å². The quantitative estimate of drug-likeness (QED) is 0.234. The average Bonchev–Trinajstić information content (AvgIpc) is 3.61. The van der Waals surface area contributed by atoms with Crippen LogP contribution in [0.25, 0.3) is 61.7 Å². The van der Waals surface area contributed by atoms with E-state index in [0.717, 1.165) is 16.7 Å². The smallest absolute Gasteiger partial charge is 0.164 e. The van der Waals surface area contributed by atoms with E-state index >= 15 is 0 Å². The highest BCUT2D eigenvalue weighted by Gasteiger charge is 2.36. The maximum atomic E-state index is 4.97. The lowest BCUT2D eigenvalue weighted by Crippen LogP contribution is -2.24. The third-order valence-electron chi connectivity index (χ3n) is 7.87. The molecule has 1 aliphatic rings. The monoisotopic (exact) mass is 520 g/mol. The van der Waals surface area contributed by atoms with Crippen molar-refractivity contribution in [1.29, 1.82) is 0 Å². The molecule has 0 fully saturated rings. The van der Waals surface area contributed by atoms with Crippen molar-refractivity contribution in [2.45, 2.75) is 19.3 Å². The van der Waals surface area contributed by atoms with E-state index < -0.39 is 0 Å². The SMILES string of the molecule is CC1(C)c2sccc2-n2c3ccc(-c4nc(-c5ccccc5)nc(-c5ccccc5)n4)cc3c3cccc1c32. The number of aromatic nitrogens is 4. The van der Waals surface area contributed by atoms with Gasteiger partial charge in [0.25, 0.3) is 0 Å². The lowest BCUT2D eigenvalue weighted by Gasteiger charge is -2.32. The van der Waals surface area contributed by atoms with Crippen molar-refractivity contribution in [2.24, 2.45) is 0 Å². The van der Waals surface area contributed by atoms with Gasteiger partial charge in [-0.1, -0.05) is 92.7 Å². The van der Waals surface area contributed by atoms with Crippen molar-refractivity contribution in [3.05, 3.63) is 119 Å². The highest BCUT2D eigenvalue weighted by molar-refractivity contribution is 7.10. The molecule has 7 aromatic rings. The Morgan fingerprint density at radius 3 is 1.92 bits per heavy atom. The first-order valence-electron chi connectivity index (χ1n) is 13.1. The average molecular weight is 521 g/mol. The Bertz CT molecular complexity index is 1980. The summed E-state index contributed by atoms with van der Waals surface area (Å²) in [6.45, 7) is 4.68. The minimum atomic E-state index is -0.0421. The lowest BCUT2D eigenvalue weighted by molar-refractivity contribution is 0.646. The Balaban J connectivity index is 1.39. The van der Waals surface area contributed by atoms with Crippen LogP contribution in [0, 0.1) is 0 Å². The predicted molar refractivity (Wildman–Crippen MR) is 160 cm³/mol. The molecule has 8 rings (SSSR count). The number of benzene rings is 4. The molecule has 0 atom stereocenters. The Labute approximate surface area is 230 Å². The van der Waals surface area contributed by atoms with E-state index in [1.807, 2.05) is 72.0 Å². The fourth-order valence-corrected chi connectivity index (χ4v) is 6.99. The van der Waals surface area contributed by atoms with Crippen LogP contribution in [0.2, 0.25) is 0 Å². The summed E-state index contributed by atoms with van der Waals surface area (Å²) >= 11 is 1.84. The van der Waals surface area contributed by atoms with Gasteiger partial charge in [0.1, 0.15) is 0 Å². The van der Waals surface area contributed by atoms with Crippen LogP contribution < -0.4 is 0 Å². The largest absolute Gasteiger partial charge is 0.308 e. The minimum Gasteiger partial charge on any atom is -0.308 e. The third-order valence-corrected chi connectivity index (χ3v) is 9.10. The van der Waals surface area contributed by atoms with E-state index in [1.165, 1.54) is 37.9 Å². The van der Waals surface area contributed by atoms with E-state index in [-0.39, 0.29) is 5.41 Å². The first kappa shape index (κ1) is 22.4. The lowest BCUT2D eigenvalue weighted by atomic mass is 9.79. The zero-order valence-electron chi connectivity index (χ0n) is 21.6. The zero-order valence-corrected chi connectivity index (χ0v) is 22.4. The summed E-state index contributed by atoms with van der Waals surface area (Å²) < 4.78 is 2.44. The summed E-state index contributed by atoms with van der Waals surface area (Å²) in [6.07, 6.45) is 0. The number of fused-ring (bicyclic) bond motifs is 5. The Kier molecular flexibility index (Phi) is 4.70. The molecule has 0 spiro atoms. The molecule has 39 heavy (non-hydrogen) atoms. The second-order valence-electron chi connectivity index (χ2n) is 10.6. The van der Waals surface area contributed by atoms with E-state index in [2.05, 4.69) is 66.3 Å². The standard InChI is InChI=1S/C34H24N4S/c1-34(2)26-15-9-14-24-25-20-23(16-17-27(25)38(29(24)26)28-18-19-39-30(28)34)33-36-31(21-10-5-3-6-11-21)35-32(37-33)22-12-7-4-8-13-22/h3-20H,1-2H3. The summed E-state index contributed by atoms with van der Waals surface area (Å²) in [6, 6.07) is 35.9. The fraction of sp³-hybridized carbons (Fsp3) is 0.0882. The van der Waals surface area contributed by atoms with Crippen molar-refractivity contribution in [1.82, 2.24) is 19.5 Å². The molecule has 0 unspecified atom stereocenters. The van der Waals surface area contributed by atoms with Gasteiger partial charge >= 0.3 is 0 Å². The minimum absolute atomic E-state index is 0.0421. The molecular formula is C34H24N4S. The molecule has 4 heterocycles. The van der Waals surface area contributed by atoms with Gasteiger partial charge in [-0.05, 0) is 35.2 Å². The molecule has 5 heteroatoms. The molecule has 0 N–H and O–H groups in total. The third kappa shape index (κ3) is 3.26. The summed E-state index contributed by atoms with van der Waals surface area (Å²) in [7, 11) is 0. The molecule has 0 bridgehead atoms. The second-order valence-corrected chi connectivity index (χ2v) is 11.5. The normalized spacial score (nSPS) is 13.6. The molecule has 3 aromatic heterocycles. The summed E-state index contributed by atoms with van der Waals surface area (Å²) in [5, 5.41) is 4.68. The molecular weight excluding hydrogens is 496 g/mol. The Morgan fingerprint density at radius 2 is 1.26 bits per heavy atom. The van der Waals surface area contributed by atoms with Gasteiger partial charge in [0.05, 0.1) is 16.7 Å². The summed E-state index contributed by atoms with van der Waals surface area (Å²) in [4.78, 5) is 16.2. The van der Waals surface area contributed by atoms with Crippen LogP contribution in [0.1, 0.15) is 24.3 Å². The van der Waals surface area contributed by atoms with Crippen molar-refractivity contribution in [3.8, 4) is 39.9 Å². The van der Waals surface area contributed by atoms with Gasteiger partial charge in [-0.15, -0.1) is 11.3 Å². The van der Waals surface area contributed by atoms with Gasteiger partial charge in [0.15, 0.2) is 17.5 Å². The van der Waals surface area contributed by atoms with Gasteiger partial charge in [-0.3, -0.25) is 0 Å². The maximum absolute atomic E-state index is 4.97. The number of hydrogen-bond acceptors (Lipinski definition) is 4. The molecule has 4 nitrogen and oxygen atoms in total. The van der Waals surface area contributed by atoms with Crippen molar-refractivity contribution >= 4 is 33.1 Å². The maximum Gasteiger partial charge on any atom is 0.164 e. The van der Waals surface area contributed by atoms with E-state index in [0.29, 0.717) is 17.5 Å². The molecule has 0 saturated heterocycles. The number of hydrogen-bond donors (Lipinski definition) is 0. The van der Waals surface area contributed by atoms with Crippen LogP contribution in [0.4, 0.5) is 0 Å². The zero-order chi connectivity index (χ0) is 26.1. The van der Waals surface area contributed by atoms with Crippen LogP contribution in [0.5, 0.6) is 0 Å². The van der Waals surface area contributed by atoms with E-state index in [4.69, 9.17) is 15.0 Å². The van der Waals surface area contributed by atoms with Crippen LogP contribution in [0.3, 0.4) is 0 Å². The fourth-order valence-electron chi connectivity index (χ4n) is 5.97. The van der Waals surface area contributed by atoms with Crippen molar-refractivity contribution in [3.63, 3.8) is 0 Å². The van der Waals surface area contributed by atoms with Crippen molar-refractivity contribution in [2.75, 3.05) is 0 Å². The molecule has 1 aliphatic heterocycles. The molecule has 4 aromatic carbocycles. The van der Waals surface area contributed by atoms with E-state index in [1.54, 1.807) is 0 Å². The highest BCUT2D eigenvalue weighted by atomic mass is 32.1. The molecule has 0 radical (unpaired) electrons. The highest BCUT2D eigenvalue weighted by Crippen LogP contribution is 2.49. The number of nitrogens with zero attached hydrogens (tertiary/aromatic N) is 4. The topological polar surface area (TPSA) is 43.6 Å².